The Kier molecular flexibility index (Phi) is 4.09. The van der Waals surface area contributed by atoms with Crippen LogP contribution in [0.5, 0.6) is 5.75 Å². The zero-order valence-corrected chi connectivity index (χ0v) is 13.6. The van der Waals surface area contributed by atoms with Crippen LogP contribution in [0.2, 0.25) is 0 Å². The van der Waals surface area contributed by atoms with Crippen molar-refractivity contribution in [3.05, 3.63) is 24.0 Å². The lowest BCUT2D eigenvalue weighted by Crippen LogP contribution is -2.18. The Hall–Kier alpha value is -1.26. The number of para-hydroxylation sites is 1. The van der Waals surface area contributed by atoms with Crippen molar-refractivity contribution >= 4 is 22.6 Å². The molecule has 114 valence electrons. The van der Waals surface area contributed by atoms with Crippen molar-refractivity contribution < 1.29 is 4.74 Å². The Labute approximate surface area is 130 Å². The minimum atomic E-state index is -0.113. The highest BCUT2D eigenvalue weighted by Crippen LogP contribution is 2.35. The van der Waals surface area contributed by atoms with Gasteiger partial charge in [-0.15, -0.1) is 11.6 Å². The molecule has 1 aromatic heterocycles. The highest BCUT2D eigenvalue weighted by molar-refractivity contribution is 6.20. The maximum Gasteiger partial charge on any atom is 0.147 e. The zero-order chi connectivity index (χ0) is 15.0. The molecule has 0 amide bonds. The smallest absolute Gasteiger partial charge is 0.147 e. The number of imidazole rings is 1. The largest absolute Gasteiger partial charge is 0.492 e. The van der Waals surface area contributed by atoms with E-state index in [4.69, 9.17) is 21.3 Å². The van der Waals surface area contributed by atoms with Gasteiger partial charge < -0.3 is 14.2 Å². The van der Waals surface area contributed by atoms with E-state index in [1.165, 1.54) is 0 Å². The lowest BCUT2D eigenvalue weighted by atomic mass is 10.2. The van der Waals surface area contributed by atoms with Crippen LogP contribution < -0.4 is 4.74 Å². The number of benzene rings is 1. The summed E-state index contributed by atoms with van der Waals surface area (Å²) in [7, 11) is 2.16. The molecular formula is C16H22ClN3O. The molecule has 4 nitrogen and oxygen atoms in total. The molecule has 0 saturated carbocycles. The van der Waals surface area contributed by atoms with Crippen molar-refractivity contribution in [1.29, 1.82) is 0 Å². The number of alkyl halides is 1. The summed E-state index contributed by atoms with van der Waals surface area (Å²) in [5.41, 5.74) is 2.06. The van der Waals surface area contributed by atoms with Crippen LogP contribution in [0.15, 0.2) is 18.2 Å². The summed E-state index contributed by atoms with van der Waals surface area (Å²) < 4.78 is 8.04. The van der Waals surface area contributed by atoms with Gasteiger partial charge in [-0.2, -0.15) is 0 Å². The van der Waals surface area contributed by atoms with Crippen molar-refractivity contribution in [2.75, 3.05) is 26.7 Å². The van der Waals surface area contributed by atoms with Crippen LogP contribution in [-0.2, 0) is 0 Å². The fourth-order valence-electron chi connectivity index (χ4n) is 3.17. The van der Waals surface area contributed by atoms with Gasteiger partial charge in [0.2, 0.25) is 0 Å². The van der Waals surface area contributed by atoms with Crippen molar-refractivity contribution in [3.8, 4) is 5.75 Å². The van der Waals surface area contributed by atoms with E-state index in [9.17, 15) is 0 Å². The molecule has 0 aliphatic carbocycles. The Bertz CT molecular complexity index is 638. The molecule has 3 rings (SSSR count). The van der Waals surface area contributed by atoms with Crippen molar-refractivity contribution in [3.63, 3.8) is 0 Å². The van der Waals surface area contributed by atoms with Crippen LogP contribution in [0.3, 0.4) is 0 Å². The van der Waals surface area contributed by atoms with Crippen molar-refractivity contribution in [2.45, 2.75) is 31.7 Å². The van der Waals surface area contributed by atoms with E-state index in [1.807, 2.05) is 26.0 Å². The number of fused-ring (bicyclic) bond motifs is 1. The van der Waals surface area contributed by atoms with Gasteiger partial charge in [-0.25, -0.2) is 4.98 Å². The van der Waals surface area contributed by atoms with Crippen molar-refractivity contribution in [1.82, 2.24) is 14.5 Å². The summed E-state index contributed by atoms with van der Waals surface area (Å²) in [5.74, 6) is 1.79. The summed E-state index contributed by atoms with van der Waals surface area (Å²) in [5, 5.41) is -0.113. The third-order valence-corrected chi connectivity index (χ3v) is 4.29. The molecule has 1 aliphatic heterocycles. The van der Waals surface area contributed by atoms with E-state index >= 15 is 0 Å². The second-order valence-corrected chi connectivity index (χ2v) is 6.37. The first-order valence-corrected chi connectivity index (χ1v) is 8.01. The van der Waals surface area contributed by atoms with Gasteiger partial charge >= 0.3 is 0 Å². The summed E-state index contributed by atoms with van der Waals surface area (Å²) in [4.78, 5) is 7.14. The second-order valence-electron chi connectivity index (χ2n) is 5.72. The summed E-state index contributed by atoms with van der Waals surface area (Å²) >= 11 is 6.39. The molecule has 1 fully saturated rings. The van der Waals surface area contributed by atoms with E-state index in [0.717, 1.165) is 42.1 Å². The topological polar surface area (TPSA) is 30.3 Å². The summed E-state index contributed by atoms with van der Waals surface area (Å²) in [6.45, 7) is 6.78. The van der Waals surface area contributed by atoms with Gasteiger partial charge in [0.1, 0.15) is 17.1 Å². The van der Waals surface area contributed by atoms with E-state index in [-0.39, 0.29) is 5.38 Å². The Morgan fingerprint density at radius 2 is 2.29 bits per heavy atom. The molecule has 1 saturated heterocycles. The molecule has 0 radical (unpaired) electrons. The molecular weight excluding hydrogens is 286 g/mol. The number of hydrogen-bond donors (Lipinski definition) is 0. The minimum Gasteiger partial charge on any atom is -0.492 e. The van der Waals surface area contributed by atoms with Crippen LogP contribution >= 0.6 is 11.6 Å². The second kappa shape index (κ2) is 5.85. The fraction of sp³-hybridized carbons (Fsp3) is 0.562. The maximum absolute atomic E-state index is 6.39. The zero-order valence-electron chi connectivity index (χ0n) is 12.8. The van der Waals surface area contributed by atoms with Gasteiger partial charge in [-0.05, 0) is 46.0 Å². The van der Waals surface area contributed by atoms with Crippen LogP contribution in [0.1, 0.15) is 37.5 Å². The Balaban J connectivity index is 2.16. The number of halogens is 1. The lowest BCUT2D eigenvalue weighted by molar-refractivity contribution is 0.343. The van der Waals surface area contributed by atoms with Crippen LogP contribution in [0.25, 0.3) is 11.0 Å². The average molecular weight is 308 g/mol. The average Bonchev–Trinajstić information content (AvgIpc) is 3.03. The third-order valence-electron chi connectivity index (χ3n) is 4.10. The molecule has 2 heterocycles. The first-order chi connectivity index (χ1) is 10.1. The van der Waals surface area contributed by atoms with E-state index in [2.05, 4.69) is 22.6 Å². The van der Waals surface area contributed by atoms with Gasteiger partial charge in [-0.1, -0.05) is 6.07 Å². The SMILES string of the molecule is CCOc1cccc2c1nc(C(C)Cl)n2C1CCN(C)C1. The number of ether oxygens (including phenoxy) is 1. The number of likely N-dealkylation sites (N-methyl/N-ethyl adjacent to an activating group) is 1. The third kappa shape index (κ3) is 2.62. The molecule has 2 unspecified atom stereocenters. The standard InChI is InChI=1S/C16H22ClN3O/c1-4-21-14-7-5-6-13-15(14)18-16(11(2)17)20(13)12-8-9-19(3)10-12/h5-7,11-12H,4,8-10H2,1-3H3. The number of rotatable bonds is 4. The van der Waals surface area contributed by atoms with Gasteiger partial charge in [-0.3, -0.25) is 0 Å². The van der Waals surface area contributed by atoms with Crippen molar-refractivity contribution in [2.24, 2.45) is 0 Å². The molecule has 0 bridgehead atoms. The summed E-state index contributed by atoms with van der Waals surface area (Å²) in [6.07, 6.45) is 1.14. The van der Waals surface area contributed by atoms with Crippen LogP contribution in [0.4, 0.5) is 0 Å². The predicted molar refractivity (Wildman–Crippen MR) is 86.3 cm³/mol. The first kappa shape index (κ1) is 14.7. The monoisotopic (exact) mass is 307 g/mol. The number of nitrogens with zero attached hydrogens (tertiary/aromatic N) is 3. The van der Waals surface area contributed by atoms with Gasteiger partial charge in [0.25, 0.3) is 0 Å². The molecule has 2 aromatic rings. The number of hydrogen-bond acceptors (Lipinski definition) is 3. The Morgan fingerprint density at radius 1 is 1.48 bits per heavy atom. The highest BCUT2D eigenvalue weighted by Gasteiger charge is 2.27. The van der Waals surface area contributed by atoms with Crippen LogP contribution in [0, 0.1) is 0 Å². The molecule has 1 aliphatic rings. The Morgan fingerprint density at radius 3 is 2.90 bits per heavy atom. The van der Waals surface area contributed by atoms with Crippen LogP contribution in [-0.4, -0.2) is 41.2 Å². The van der Waals surface area contributed by atoms with E-state index in [1.54, 1.807) is 0 Å². The van der Waals surface area contributed by atoms with Gasteiger partial charge in [0.15, 0.2) is 0 Å². The molecule has 5 heteroatoms. The molecule has 0 N–H and O–H groups in total. The van der Waals surface area contributed by atoms with E-state index in [0.29, 0.717) is 12.6 Å². The quantitative estimate of drug-likeness (QED) is 0.808. The predicted octanol–water partition coefficient (Wildman–Crippen LogP) is 3.61. The van der Waals surface area contributed by atoms with E-state index < -0.39 is 0 Å². The van der Waals surface area contributed by atoms with Gasteiger partial charge in [0, 0.05) is 12.6 Å². The normalized spacial score (nSPS) is 21.0. The fourth-order valence-corrected chi connectivity index (χ4v) is 3.32. The molecule has 2 atom stereocenters. The highest BCUT2D eigenvalue weighted by atomic mass is 35.5. The number of aromatic nitrogens is 2. The first-order valence-electron chi connectivity index (χ1n) is 7.58. The molecule has 0 spiro atoms. The lowest BCUT2D eigenvalue weighted by Gasteiger charge is -2.18. The maximum atomic E-state index is 6.39. The minimum absolute atomic E-state index is 0.113. The molecule has 1 aromatic carbocycles. The van der Waals surface area contributed by atoms with Gasteiger partial charge in [0.05, 0.1) is 17.5 Å². The molecule has 21 heavy (non-hydrogen) atoms. The summed E-state index contributed by atoms with van der Waals surface area (Å²) in [6, 6.07) is 6.57. The number of likely N-dealkylation sites (tertiary alicyclic amines) is 1.